The molecule has 0 fully saturated rings. The summed E-state index contributed by atoms with van der Waals surface area (Å²) in [5.41, 5.74) is 0.529. The molecule has 13 heteroatoms. The highest BCUT2D eigenvalue weighted by atomic mass is 19.4. The number of rotatable bonds is 9. The maximum atomic E-state index is 13.6. The van der Waals surface area contributed by atoms with Crippen molar-refractivity contribution < 1.29 is 26.7 Å². The van der Waals surface area contributed by atoms with Crippen LogP contribution in [0.25, 0.3) is 16.9 Å². The molecule has 0 saturated carbocycles. The summed E-state index contributed by atoms with van der Waals surface area (Å²) in [5, 5.41) is 9.29. The standard InChI is InChI=1S/C24H24F5N7O/c1-3-7-31-23(37)16-6-5-15(10-14(16)4-2)33-21-22-32-11-18(36(22)9-8-30-21)17-12-35(13-19(25)26)34-20(17)24(27,28)29/h5-6,8-12,19H,3-4,7,13H2,1-2H3,(H,30,33)(H,31,37). The van der Waals surface area contributed by atoms with Crippen molar-refractivity contribution in [2.24, 2.45) is 0 Å². The number of amides is 1. The molecule has 0 saturated heterocycles. The van der Waals surface area contributed by atoms with Crippen LogP contribution in [0.4, 0.5) is 33.5 Å². The van der Waals surface area contributed by atoms with E-state index >= 15 is 0 Å². The van der Waals surface area contributed by atoms with Gasteiger partial charge in [-0.25, -0.2) is 18.7 Å². The third kappa shape index (κ3) is 5.54. The number of nitrogens with zero attached hydrogens (tertiary/aromatic N) is 5. The van der Waals surface area contributed by atoms with Crippen molar-refractivity contribution in [1.82, 2.24) is 29.5 Å². The van der Waals surface area contributed by atoms with E-state index in [1.165, 1.54) is 23.0 Å². The number of aryl methyl sites for hydroxylation is 1. The number of anilines is 2. The Labute approximate surface area is 208 Å². The average Bonchev–Trinajstić information content (AvgIpc) is 3.46. The SMILES string of the molecule is CCCNC(=O)c1ccc(Nc2nccn3c(-c4cn(CC(F)F)nc4C(F)(F)F)cnc23)cc1CC. The molecular weight excluding hydrogens is 497 g/mol. The first kappa shape index (κ1) is 26.0. The third-order valence-electron chi connectivity index (χ3n) is 5.59. The Balaban J connectivity index is 1.70. The lowest BCUT2D eigenvalue weighted by Gasteiger charge is -2.12. The first-order chi connectivity index (χ1) is 17.6. The first-order valence-electron chi connectivity index (χ1n) is 11.6. The fourth-order valence-corrected chi connectivity index (χ4v) is 3.92. The second-order valence-corrected chi connectivity index (χ2v) is 8.22. The van der Waals surface area contributed by atoms with E-state index in [-0.39, 0.29) is 28.6 Å². The summed E-state index contributed by atoms with van der Waals surface area (Å²) < 4.78 is 68.5. The van der Waals surface area contributed by atoms with Gasteiger partial charge in [-0.3, -0.25) is 13.9 Å². The summed E-state index contributed by atoms with van der Waals surface area (Å²) in [6, 6.07) is 5.19. The summed E-state index contributed by atoms with van der Waals surface area (Å²) in [4.78, 5) is 20.9. The van der Waals surface area contributed by atoms with Gasteiger partial charge in [0.1, 0.15) is 6.54 Å². The Bertz CT molecular complexity index is 1410. The van der Waals surface area contributed by atoms with Gasteiger partial charge in [-0.1, -0.05) is 13.8 Å². The Morgan fingerprint density at radius 1 is 1.16 bits per heavy atom. The molecule has 3 heterocycles. The molecule has 37 heavy (non-hydrogen) atoms. The maximum absolute atomic E-state index is 13.6. The van der Waals surface area contributed by atoms with E-state index in [1.54, 1.807) is 18.2 Å². The molecule has 4 rings (SSSR count). The molecule has 196 valence electrons. The fraction of sp³-hybridized carbons (Fsp3) is 0.333. The van der Waals surface area contributed by atoms with Crippen LogP contribution in [0.3, 0.4) is 0 Å². The van der Waals surface area contributed by atoms with Crippen molar-refractivity contribution in [3.8, 4) is 11.3 Å². The van der Waals surface area contributed by atoms with Crippen molar-refractivity contribution in [2.45, 2.75) is 45.8 Å². The van der Waals surface area contributed by atoms with Crippen LogP contribution in [0.5, 0.6) is 0 Å². The van der Waals surface area contributed by atoms with Crippen LogP contribution in [0.15, 0.2) is 43.0 Å². The maximum Gasteiger partial charge on any atom is 0.435 e. The quantitative estimate of drug-likeness (QED) is 0.291. The zero-order valence-electron chi connectivity index (χ0n) is 20.0. The highest BCUT2D eigenvalue weighted by Crippen LogP contribution is 2.37. The number of alkyl halides is 5. The third-order valence-corrected chi connectivity index (χ3v) is 5.59. The number of nitrogens with one attached hydrogen (secondary N) is 2. The minimum absolute atomic E-state index is 0.0190. The Morgan fingerprint density at radius 2 is 1.95 bits per heavy atom. The molecule has 1 aromatic carbocycles. The largest absolute Gasteiger partial charge is 0.435 e. The summed E-state index contributed by atoms with van der Waals surface area (Å²) in [6.07, 6.45) is -1.38. The van der Waals surface area contributed by atoms with Crippen LogP contribution in [0.2, 0.25) is 0 Å². The van der Waals surface area contributed by atoms with E-state index in [0.29, 0.717) is 28.9 Å². The van der Waals surface area contributed by atoms with E-state index in [4.69, 9.17) is 0 Å². The van der Waals surface area contributed by atoms with Crippen LogP contribution >= 0.6 is 0 Å². The molecule has 4 aromatic rings. The van der Waals surface area contributed by atoms with Gasteiger partial charge < -0.3 is 10.6 Å². The number of imidazole rings is 1. The van der Waals surface area contributed by atoms with E-state index in [1.807, 2.05) is 13.8 Å². The van der Waals surface area contributed by atoms with E-state index in [2.05, 4.69) is 25.7 Å². The minimum atomic E-state index is -4.86. The van der Waals surface area contributed by atoms with Crippen molar-refractivity contribution in [3.05, 3.63) is 59.8 Å². The van der Waals surface area contributed by atoms with Crippen LogP contribution in [0.1, 0.15) is 41.9 Å². The smallest absolute Gasteiger partial charge is 0.352 e. The molecule has 1 amide bonds. The van der Waals surface area contributed by atoms with Crippen LogP contribution < -0.4 is 10.6 Å². The Morgan fingerprint density at radius 3 is 2.62 bits per heavy atom. The van der Waals surface area contributed by atoms with Gasteiger partial charge in [0.05, 0.1) is 17.5 Å². The zero-order valence-corrected chi connectivity index (χ0v) is 20.0. The number of benzene rings is 1. The molecule has 0 spiro atoms. The number of halogens is 5. The summed E-state index contributed by atoms with van der Waals surface area (Å²) in [6.45, 7) is 3.47. The highest BCUT2D eigenvalue weighted by molar-refractivity contribution is 5.96. The first-order valence-corrected chi connectivity index (χ1v) is 11.6. The van der Waals surface area contributed by atoms with Gasteiger partial charge in [-0.15, -0.1) is 0 Å². The molecule has 8 nitrogen and oxygen atoms in total. The van der Waals surface area contributed by atoms with Crippen molar-refractivity contribution >= 4 is 23.1 Å². The van der Waals surface area contributed by atoms with E-state index < -0.39 is 24.8 Å². The number of aromatic nitrogens is 5. The van der Waals surface area contributed by atoms with Crippen molar-refractivity contribution in [1.29, 1.82) is 0 Å². The lowest BCUT2D eigenvalue weighted by Crippen LogP contribution is -2.25. The van der Waals surface area contributed by atoms with Crippen LogP contribution in [0, 0.1) is 0 Å². The normalized spacial score (nSPS) is 11.9. The number of carbonyl (C=O) groups is 1. The van der Waals surface area contributed by atoms with Gasteiger partial charge in [0.15, 0.2) is 17.2 Å². The predicted octanol–water partition coefficient (Wildman–Crippen LogP) is 5.32. The number of hydrogen-bond acceptors (Lipinski definition) is 5. The zero-order chi connectivity index (χ0) is 26.7. The van der Waals surface area contributed by atoms with Gasteiger partial charge in [0.25, 0.3) is 12.3 Å². The van der Waals surface area contributed by atoms with Crippen molar-refractivity contribution in [2.75, 3.05) is 11.9 Å². The molecule has 3 aromatic heterocycles. The second-order valence-electron chi connectivity index (χ2n) is 8.22. The average molecular weight is 521 g/mol. The molecule has 0 bridgehead atoms. The second kappa shape index (κ2) is 10.5. The number of carbonyl (C=O) groups excluding carboxylic acids is 1. The molecule has 0 radical (unpaired) electrons. The van der Waals surface area contributed by atoms with Crippen LogP contribution in [-0.2, 0) is 19.1 Å². The number of hydrogen-bond donors (Lipinski definition) is 2. The predicted molar refractivity (Wildman–Crippen MR) is 127 cm³/mol. The van der Waals surface area contributed by atoms with Crippen LogP contribution in [-0.4, -0.2) is 43.0 Å². The molecule has 0 aliphatic heterocycles. The highest BCUT2D eigenvalue weighted by Gasteiger charge is 2.38. The molecule has 0 unspecified atom stereocenters. The molecule has 0 atom stereocenters. The topological polar surface area (TPSA) is 89.1 Å². The molecule has 0 aliphatic carbocycles. The fourth-order valence-electron chi connectivity index (χ4n) is 3.92. The summed E-state index contributed by atoms with van der Waals surface area (Å²) in [7, 11) is 0. The Hall–Kier alpha value is -4.03. The minimum Gasteiger partial charge on any atom is -0.352 e. The molecule has 0 aliphatic rings. The van der Waals surface area contributed by atoms with E-state index in [9.17, 15) is 26.7 Å². The van der Waals surface area contributed by atoms with E-state index in [0.717, 1.165) is 18.2 Å². The van der Waals surface area contributed by atoms with Gasteiger partial charge in [0.2, 0.25) is 0 Å². The lowest BCUT2D eigenvalue weighted by atomic mass is 10.0. The van der Waals surface area contributed by atoms with Gasteiger partial charge >= 0.3 is 6.18 Å². The van der Waals surface area contributed by atoms with Gasteiger partial charge in [0, 0.05) is 36.4 Å². The summed E-state index contributed by atoms with van der Waals surface area (Å²) >= 11 is 0. The van der Waals surface area contributed by atoms with Gasteiger partial charge in [-0.2, -0.15) is 18.3 Å². The lowest BCUT2D eigenvalue weighted by molar-refractivity contribution is -0.141. The monoisotopic (exact) mass is 521 g/mol. The molecular formula is C24H24F5N7O. The molecule has 2 N–H and O–H groups in total. The number of fused-ring (bicyclic) bond motifs is 1. The van der Waals surface area contributed by atoms with Crippen molar-refractivity contribution in [3.63, 3.8) is 0 Å². The van der Waals surface area contributed by atoms with Gasteiger partial charge in [-0.05, 0) is 36.6 Å². The Kier molecular flexibility index (Phi) is 7.41. The summed E-state index contributed by atoms with van der Waals surface area (Å²) in [5.74, 6) is 0.0868.